The lowest BCUT2D eigenvalue weighted by Crippen LogP contribution is -2.09. The van der Waals surface area contributed by atoms with E-state index < -0.39 is 0 Å². The van der Waals surface area contributed by atoms with Crippen LogP contribution in [0.2, 0.25) is 0 Å². The Hall–Kier alpha value is -1.75. The number of hydrogen-bond donors (Lipinski definition) is 2. The van der Waals surface area contributed by atoms with Crippen LogP contribution in [-0.4, -0.2) is 5.91 Å². The van der Waals surface area contributed by atoms with Gasteiger partial charge >= 0.3 is 0 Å². The number of furan rings is 1. The highest BCUT2D eigenvalue weighted by molar-refractivity contribution is 9.10. The highest BCUT2D eigenvalue weighted by Gasteiger charge is 2.10. The summed E-state index contributed by atoms with van der Waals surface area (Å²) in [7, 11) is 0. The normalized spacial score (nSPS) is 12.0. The lowest BCUT2D eigenvalue weighted by atomic mass is 10.1. The van der Waals surface area contributed by atoms with Gasteiger partial charge in [0.1, 0.15) is 5.76 Å². The van der Waals surface area contributed by atoms with Gasteiger partial charge in [-0.1, -0.05) is 6.07 Å². The molecule has 1 aromatic heterocycles. The maximum absolute atomic E-state index is 11.2. The molecule has 5 heteroatoms. The zero-order chi connectivity index (χ0) is 14.7. The van der Waals surface area contributed by atoms with Crippen molar-refractivity contribution in [2.75, 3.05) is 10.6 Å². The van der Waals surface area contributed by atoms with Crippen molar-refractivity contribution < 1.29 is 9.21 Å². The van der Waals surface area contributed by atoms with E-state index in [0.717, 1.165) is 22.7 Å². The number of hydrogen-bond acceptors (Lipinski definition) is 3. The number of halogens is 1. The Bertz CT molecular complexity index is 622. The molecule has 0 aliphatic rings. The van der Waals surface area contributed by atoms with Gasteiger partial charge in [0.15, 0.2) is 4.67 Å². The van der Waals surface area contributed by atoms with Crippen LogP contribution >= 0.6 is 15.9 Å². The summed E-state index contributed by atoms with van der Waals surface area (Å²) in [5, 5.41) is 6.17. The Morgan fingerprint density at radius 3 is 2.65 bits per heavy atom. The molecule has 0 saturated heterocycles. The van der Waals surface area contributed by atoms with E-state index in [1.807, 2.05) is 44.2 Å². The van der Waals surface area contributed by atoms with E-state index in [1.165, 1.54) is 6.92 Å². The second-order valence-electron chi connectivity index (χ2n) is 4.72. The second-order valence-corrected chi connectivity index (χ2v) is 5.50. The van der Waals surface area contributed by atoms with Crippen LogP contribution in [-0.2, 0) is 4.79 Å². The van der Waals surface area contributed by atoms with Crippen LogP contribution < -0.4 is 10.6 Å². The molecule has 106 valence electrons. The summed E-state index contributed by atoms with van der Waals surface area (Å²) in [6.07, 6.45) is 0. The van der Waals surface area contributed by atoms with E-state index >= 15 is 0 Å². The Morgan fingerprint density at radius 1 is 1.30 bits per heavy atom. The average Bonchev–Trinajstić information content (AvgIpc) is 2.79. The zero-order valence-corrected chi connectivity index (χ0v) is 13.2. The van der Waals surface area contributed by atoms with Gasteiger partial charge in [0.05, 0.1) is 6.04 Å². The quantitative estimate of drug-likeness (QED) is 0.865. The number of carbonyl (C=O) groups excluding carboxylic acids is 1. The SMILES string of the molecule is CC(=O)Nc1cc(NC(C)c2ccc(Br)o2)ccc1C. The van der Waals surface area contributed by atoms with Crippen LogP contribution in [0.15, 0.2) is 39.4 Å². The molecule has 0 aliphatic heterocycles. The van der Waals surface area contributed by atoms with Crippen molar-refractivity contribution in [3.8, 4) is 0 Å². The Balaban J connectivity index is 2.15. The van der Waals surface area contributed by atoms with Crippen molar-refractivity contribution in [1.82, 2.24) is 0 Å². The van der Waals surface area contributed by atoms with Gasteiger partial charge in [0.2, 0.25) is 5.91 Å². The van der Waals surface area contributed by atoms with Crippen LogP contribution in [0.1, 0.15) is 31.2 Å². The molecule has 0 saturated carbocycles. The summed E-state index contributed by atoms with van der Waals surface area (Å²) in [4.78, 5) is 11.2. The summed E-state index contributed by atoms with van der Waals surface area (Å²) in [5.41, 5.74) is 2.77. The molecule has 2 rings (SSSR count). The fourth-order valence-corrected chi connectivity index (χ4v) is 2.24. The van der Waals surface area contributed by atoms with Crippen molar-refractivity contribution in [2.24, 2.45) is 0 Å². The van der Waals surface area contributed by atoms with Gasteiger partial charge in [-0.2, -0.15) is 0 Å². The molecule has 0 radical (unpaired) electrons. The molecule has 0 bridgehead atoms. The predicted octanol–water partition coefficient (Wildman–Crippen LogP) is 4.48. The molecule has 0 fully saturated rings. The highest BCUT2D eigenvalue weighted by Crippen LogP contribution is 2.26. The first-order valence-corrected chi connectivity index (χ1v) is 7.15. The lowest BCUT2D eigenvalue weighted by Gasteiger charge is -2.15. The van der Waals surface area contributed by atoms with Crippen molar-refractivity contribution >= 4 is 33.2 Å². The Labute approximate surface area is 126 Å². The third kappa shape index (κ3) is 3.63. The summed E-state index contributed by atoms with van der Waals surface area (Å²) < 4.78 is 6.23. The van der Waals surface area contributed by atoms with Crippen LogP contribution in [0.4, 0.5) is 11.4 Å². The van der Waals surface area contributed by atoms with Crippen molar-refractivity contribution in [1.29, 1.82) is 0 Å². The third-order valence-corrected chi connectivity index (χ3v) is 3.38. The molecule has 4 nitrogen and oxygen atoms in total. The summed E-state index contributed by atoms with van der Waals surface area (Å²) >= 11 is 3.29. The topological polar surface area (TPSA) is 54.3 Å². The first-order chi connectivity index (χ1) is 9.45. The monoisotopic (exact) mass is 336 g/mol. The molecule has 2 aromatic rings. The van der Waals surface area contributed by atoms with Crippen molar-refractivity contribution in [3.63, 3.8) is 0 Å². The van der Waals surface area contributed by atoms with Crippen molar-refractivity contribution in [3.05, 3.63) is 46.3 Å². The largest absolute Gasteiger partial charge is 0.452 e. The summed E-state index contributed by atoms with van der Waals surface area (Å²) in [6, 6.07) is 9.70. The smallest absolute Gasteiger partial charge is 0.221 e. The maximum Gasteiger partial charge on any atom is 0.221 e. The van der Waals surface area contributed by atoms with Gasteiger partial charge in [-0.25, -0.2) is 0 Å². The van der Waals surface area contributed by atoms with E-state index in [2.05, 4.69) is 26.6 Å². The van der Waals surface area contributed by atoms with Gasteiger partial charge in [-0.3, -0.25) is 4.79 Å². The molecule has 1 aromatic carbocycles. The number of benzene rings is 1. The molecule has 1 atom stereocenters. The first-order valence-electron chi connectivity index (χ1n) is 6.35. The molecule has 1 amide bonds. The van der Waals surface area contributed by atoms with Crippen molar-refractivity contribution in [2.45, 2.75) is 26.8 Å². The van der Waals surface area contributed by atoms with E-state index in [0.29, 0.717) is 4.67 Å². The minimum absolute atomic E-state index is 0.0363. The Morgan fingerprint density at radius 2 is 2.05 bits per heavy atom. The molecule has 20 heavy (non-hydrogen) atoms. The summed E-state index contributed by atoms with van der Waals surface area (Å²) in [6.45, 7) is 5.48. The molecular formula is C15H17BrN2O2. The third-order valence-electron chi connectivity index (χ3n) is 2.95. The highest BCUT2D eigenvalue weighted by atomic mass is 79.9. The van der Waals surface area contributed by atoms with Gasteiger partial charge < -0.3 is 15.1 Å². The number of aryl methyl sites for hydroxylation is 1. The fourth-order valence-electron chi connectivity index (χ4n) is 1.92. The number of amides is 1. The first kappa shape index (κ1) is 14.7. The van der Waals surface area contributed by atoms with Gasteiger partial charge in [-0.05, 0) is 59.6 Å². The van der Waals surface area contributed by atoms with Gasteiger partial charge in [0.25, 0.3) is 0 Å². The minimum Gasteiger partial charge on any atom is -0.452 e. The van der Waals surface area contributed by atoms with Crippen LogP contribution in [0.25, 0.3) is 0 Å². The van der Waals surface area contributed by atoms with Crippen LogP contribution in [0.5, 0.6) is 0 Å². The molecule has 1 heterocycles. The number of anilines is 2. The number of carbonyl (C=O) groups is 1. The lowest BCUT2D eigenvalue weighted by molar-refractivity contribution is -0.114. The number of nitrogens with one attached hydrogen (secondary N) is 2. The average molecular weight is 337 g/mol. The molecule has 1 unspecified atom stereocenters. The molecule has 0 spiro atoms. The van der Waals surface area contributed by atoms with E-state index in [1.54, 1.807) is 0 Å². The van der Waals surface area contributed by atoms with Crippen LogP contribution in [0.3, 0.4) is 0 Å². The number of rotatable bonds is 4. The van der Waals surface area contributed by atoms with E-state index in [9.17, 15) is 4.79 Å². The fraction of sp³-hybridized carbons (Fsp3) is 0.267. The van der Waals surface area contributed by atoms with E-state index in [4.69, 9.17) is 4.42 Å². The van der Waals surface area contributed by atoms with Crippen LogP contribution in [0, 0.1) is 6.92 Å². The van der Waals surface area contributed by atoms with E-state index in [-0.39, 0.29) is 11.9 Å². The van der Waals surface area contributed by atoms with Gasteiger partial charge in [0, 0.05) is 18.3 Å². The predicted molar refractivity (Wildman–Crippen MR) is 83.9 cm³/mol. The molecular weight excluding hydrogens is 320 g/mol. The molecule has 2 N–H and O–H groups in total. The Kier molecular flexibility index (Phi) is 4.49. The molecule has 0 aliphatic carbocycles. The summed E-state index contributed by atoms with van der Waals surface area (Å²) in [5.74, 6) is 0.770. The van der Waals surface area contributed by atoms with Gasteiger partial charge in [-0.15, -0.1) is 0 Å². The maximum atomic E-state index is 11.2. The zero-order valence-electron chi connectivity index (χ0n) is 11.7. The standard InChI is InChI=1S/C15H17BrN2O2/c1-9-4-5-12(8-13(9)18-11(3)19)17-10(2)14-6-7-15(16)20-14/h4-8,10,17H,1-3H3,(H,18,19). The second kappa shape index (κ2) is 6.13. The minimum atomic E-state index is -0.0757.